The third-order valence-corrected chi connectivity index (χ3v) is 2.24. The van der Waals surface area contributed by atoms with Gasteiger partial charge in [-0.05, 0) is 24.2 Å². The van der Waals surface area contributed by atoms with Crippen molar-refractivity contribution in [3.8, 4) is 0 Å². The van der Waals surface area contributed by atoms with E-state index in [1.165, 1.54) is 0 Å². The minimum Gasteiger partial charge on any atom is -0.481 e. The molecule has 1 aromatic rings. The Bertz CT molecular complexity index is 301. The van der Waals surface area contributed by atoms with Gasteiger partial charge in [-0.2, -0.15) is 0 Å². The van der Waals surface area contributed by atoms with Crippen LogP contribution in [0, 0.1) is 0 Å². The van der Waals surface area contributed by atoms with Crippen molar-refractivity contribution in [3.63, 3.8) is 0 Å². The van der Waals surface area contributed by atoms with Gasteiger partial charge < -0.3 is 5.11 Å². The van der Waals surface area contributed by atoms with Crippen LogP contribution in [0.4, 0.5) is 0 Å². The first-order valence-electron chi connectivity index (χ1n) is 5.05. The second kappa shape index (κ2) is 6.14. The maximum atomic E-state index is 10.4. The summed E-state index contributed by atoms with van der Waals surface area (Å²) in [5, 5.41) is 8.59. The highest BCUT2D eigenvalue weighted by atomic mass is 16.4. The molecule has 0 aromatic carbocycles. The van der Waals surface area contributed by atoms with Crippen LogP contribution in [-0.4, -0.2) is 34.0 Å². The number of carboxylic acids is 1. The summed E-state index contributed by atoms with van der Waals surface area (Å²) in [6.45, 7) is 4.26. The van der Waals surface area contributed by atoms with Crippen molar-refractivity contribution in [2.45, 2.75) is 19.9 Å². The Morgan fingerprint density at radius 2 is 2.13 bits per heavy atom. The largest absolute Gasteiger partial charge is 0.481 e. The molecule has 4 nitrogen and oxygen atoms in total. The van der Waals surface area contributed by atoms with Gasteiger partial charge in [-0.25, -0.2) is 0 Å². The summed E-state index contributed by atoms with van der Waals surface area (Å²) < 4.78 is 0. The van der Waals surface area contributed by atoms with Gasteiger partial charge in [0.25, 0.3) is 0 Å². The average molecular weight is 208 g/mol. The molecular formula is C11H16N2O2. The third-order valence-electron chi connectivity index (χ3n) is 2.24. The molecule has 15 heavy (non-hydrogen) atoms. The molecular weight excluding hydrogens is 192 g/mol. The van der Waals surface area contributed by atoms with Gasteiger partial charge in [0.2, 0.25) is 0 Å². The van der Waals surface area contributed by atoms with Crippen LogP contribution in [0.25, 0.3) is 0 Å². The maximum absolute atomic E-state index is 10.4. The molecule has 0 saturated heterocycles. The van der Waals surface area contributed by atoms with Crippen molar-refractivity contribution < 1.29 is 9.90 Å². The van der Waals surface area contributed by atoms with E-state index < -0.39 is 5.97 Å². The Kier molecular flexibility index (Phi) is 4.77. The van der Waals surface area contributed by atoms with Gasteiger partial charge in [0.05, 0.1) is 6.42 Å². The van der Waals surface area contributed by atoms with E-state index in [4.69, 9.17) is 5.11 Å². The number of rotatable bonds is 6. The predicted molar refractivity (Wildman–Crippen MR) is 57.4 cm³/mol. The lowest BCUT2D eigenvalue weighted by molar-refractivity contribution is -0.137. The van der Waals surface area contributed by atoms with Crippen molar-refractivity contribution in [1.82, 2.24) is 9.88 Å². The Hall–Kier alpha value is -1.42. The minimum absolute atomic E-state index is 0.193. The summed E-state index contributed by atoms with van der Waals surface area (Å²) in [5.74, 6) is -0.747. The number of carboxylic acid groups (broad SMARTS) is 1. The lowest BCUT2D eigenvalue weighted by Gasteiger charge is -2.19. The number of nitrogens with zero attached hydrogens (tertiary/aromatic N) is 2. The van der Waals surface area contributed by atoms with E-state index in [1.807, 2.05) is 19.1 Å². The van der Waals surface area contributed by atoms with Crippen LogP contribution >= 0.6 is 0 Å². The molecule has 4 heteroatoms. The summed E-state index contributed by atoms with van der Waals surface area (Å²) in [6.07, 6.45) is 3.69. The quantitative estimate of drug-likeness (QED) is 0.767. The fourth-order valence-electron chi connectivity index (χ4n) is 1.35. The molecule has 82 valence electrons. The van der Waals surface area contributed by atoms with E-state index >= 15 is 0 Å². The van der Waals surface area contributed by atoms with Crippen molar-refractivity contribution in [2.24, 2.45) is 0 Å². The molecule has 0 spiro atoms. The number of aromatic nitrogens is 1. The van der Waals surface area contributed by atoms with Crippen LogP contribution in [-0.2, 0) is 11.3 Å². The van der Waals surface area contributed by atoms with Gasteiger partial charge in [-0.15, -0.1) is 0 Å². The smallest absolute Gasteiger partial charge is 0.304 e. The fraction of sp³-hybridized carbons (Fsp3) is 0.455. The molecule has 0 unspecified atom stereocenters. The monoisotopic (exact) mass is 208 g/mol. The van der Waals surface area contributed by atoms with E-state index in [0.29, 0.717) is 6.54 Å². The summed E-state index contributed by atoms with van der Waals surface area (Å²) in [4.78, 5) is 16.5. The highest BCUT2D eigenvalue weighted by Gasteiger charge is 2.05. The fourth-order valence-corrected chi connectivity index (χ4v) is 1.35. The molecule has 0 bridgehead atoms. The third kappa shape index (κ3) is 4.56. The molecule has 0 atom stereocenters. The second-order valence-corrected chi connectivity index (χ2v) is 3.37. The lowest BCUT2D eigenvalue weighted by atomic mass is 10.2. The van der Waals surface area contributed by atoms with E-state index in [0.717, 1.165) is 18.7 Å². The normalized spacial score (nSPS) is 10.5. The molecule has 1 rings (SSSR count). The molecule has 0 fully saturated rings. The van der Waals surface area contributed by atoms with Gasteiger partial charge in [0.1, 0.15) is 0 Å². The van der Waals surface area contributed by atoms with Gasteiger partial charge in [0, 0.05) is 25.5 Å². The average Bonchev–Trinajstić information content (AvgIpc) is 2.25. The van der Waals surface area contributed by atoms with E-state index in [9.17, 15) is 4.79 Å². The predicted octanol–water partition coefficient (Wildman–Crippen LogP) is 1.38. The van der Waals surface area contributed by atoms with Crippen molar-refractivity contribution in [3.05, 3.63) is 30.1 Å². The summed E-state index contributed by atoms with van der Waals surface area (Å²) in [5.41, 5.74) is 1.16. The van der Waals surface area contributed by atoms with Gasteiger partial charge in [0.15, 0.2) is 0 Å². The minimum atomic E-state index is -0.747. The van der Waals surface area contributed by atoms with Crippen molar-refractivity contribution in [1.29, 1.82) is 0 Å². The van der Waals surface area contributed by atoms with Crippen LogP contribution in [0.15, 0.2) is 24.5 Å². The molecule has 1 aromatic heterocycles. The number of hydrogen-bond donors (Lipinski definition) is 1. The number of hydrogen-bond acceptors (Lipinski definition) is 3. The highest BCUT2D eigenvalue weighted by molar-refractivity contribution is 5.66. The van der Waals surface area contributed by atoms with Crippen molar-refractivity contribution in [2.75, 3.05) is 13.1 Å². The standard InChI is InChI=1S/C11H16N2O2/c1-2-13(8-5-11(14)15)9-10-3-6-12-7-4-10/h3-4,6-7H,2,5,8-9H2,1H3,(H,14,15). The molecule has 0 aliphatic heterocycles. The van der Waals surface area contributed by atoms with Gasteiger partial charge in [-0.3, -0.25) is 14.7 Å². The van der Waals surface area contributed by atoms with Crippen LogP contribution in [0.1, 0.15) is 18.9 Å². The van der Waals surface area contributed by atoms with Gasteiger partial charge >= 0.3 is 5.97 Å². The molecule has 0 aliphatic rings. The van der Waals surface area contributed by atoms with E-state index in [2.05, 4.69) is 9.88 Å². The summed E-state index contributed by atoms with van der Waals surface area (Å²) in [7, 11) is 0. The Morgan fingerprint density at radius 1 is 1.47 bits per heavy atom. The van der Waals surface area contributed by atoms with Crippen LogP contribution < -0.4 is 0 Å². The van der Waals surface area contributed by atoms with Crippen LogP contribution in [0.5, 0.6) is 0 Å². The Morgan fingerprint density at radius 3 is 2.67 bits per heavy atom. The lowest BCUT2D eigenvalue weighted by Crippen LogP contribution is -2.25. The zero-order valence-corrected chi connectivity index (χ0v) is 8.89. The Balaban J connectivity index is 2.43. The van der Waals surface area contributed by atoms with Gasteiger partial charge in [-0.1, -0.05) is 6.92 Å². The SMILES string of the molecule is CCN(CCC(=O)O)Cc1ccncc1. The van der Waals surface area contributed by atoms with E-state index in [-0.39, 0.29) is 6.42 Å². The topological polar surface area (TPSA) is 53.4 Å². The number of aliphatic carboxylic acids is 1. The Labute approximate surface area is 89.6 Å². The molecule has 0 saturated carbocycles. The zero-order chi connectivity index (χ0) is 11.1. The molecule has 1 heterocycles. The number of pyridine rings is 1. The molecule has 0 amide bonds. The van der Waals surface area contributed by atoms with Crippen molar-refractivity contribution >= 4 is 5.97 Å². The number of carbonyl (C=O) groups is 1. The zero-order valence-electron chi connectivity index (χ0n) is 8.89. The summed E-state index contributed by atoms with van der Waals surface area (Å²) in [6, 6.07) is 3.90. The van der Waals surface area contributed by atoms with Crippen LogP contribution in [0.3, 0.4) is 0 Å². The molecule has 1 N–H and O–H groups in total. The molecule has 0 aliphatic carbocycles. The van der Waals surface area contributed by atoms with Crippen LogP contribution in [0.2, 0.25) is 0 Å². The first-order chi connectivity index (χ1) is 7.22. The highest BCUT2D eigenvalue weighted by Crippen LogP contribution is 2.03. The molecule has 0 radical (unpaired) electrons. The first kappa shape index (κ1) is 11.7. The second-order valence-electron chi connectivity index (χ2n) is 3.37. The van der Waals surface area contributed by atoms with E-state index in [1.54, 1.807) is 12.4 Å². The first-order valence-corrected chi connectivity index (χ1v) is 5.05. The maximum Gasteiger partial charge on any atom is 0.304 e. The summed E-state index contributed by atoms with van der Waals surface area (Å²) >= 11 is 0.